The highest BCUT2D eigenvalue weighted by Crippen LogP contribution is 2.07. The number of esters is 1. The van der Waals surface area contributed by atoms with Crippen LogP contribution < -0.4 is 0 Å². The number of carbonyl (C=O) groups excluding carboxylic acids is 1. The molecule has 0 fully saturated rings. The molecule has 0 saturated carbocycles. The molecule has 0 aromatic carbocycles. The third-order valence-electron chi connectivity index (χ3n) is 1.29. The predicted molar refractivity (Wildman–Crippen MR) is 42.0 cm³/mol. The summed E-state index contributed by atoms with van der Waals surface area (Å²) < 4.78 is 4.10. The standard InChI is InChI=1S/C7H12O6/c1-13-7(12)6(11)5(10)2-4(9)3-8/h4,8-11H,2-3H2,1H3/b6-5-. The lowest BCUT2D eigenvalue weighted by Crippen LogP contribution is -2.15. The molecule has 76 valence electrons. The van der Waals surface area contributed by atoms with E-state index in [-0.39, 0.29) is 0 Å². The lowest BCUT2D eigenvalue weighted by Gasteiger charge is -2.06. The summed E-state index contributed by atoms with van der Waals surface area (Å²) in [6.07, 6.45) is -1.62. The van der Waals surface area contributed by atoms with E-state index in [0.29, 0.717) is 0 Å². The molecular formula is C7H12O6. The van der Waals surface area contributed by atoms with E-state index in [2.05, 4.69) is 4.74 Å². The minimum absolute atomic E-state index is 0.405. The molecule has 0 aliphatic rings. The van der Waals surface area contributed by atoms with Crippen molar-refractivity contribution >= 4 is 5.97 Å². The second-order valence-corrected chi connectivity index (χ2v) is 2.33. The summed E-state index contributed by atoms with van der Waals surface area (Å²) in [5.74, 6) is -2.77. The summed E-state index contributed by atoms with van der Waals surface area (Å²) >= 11 is 0. The lowest BCUT2D eigenvalue weighted by atomic mass is 10.2. The molecule has 0 bridgehead atoms. The summed E-state index contributed by atoms with van der Waals surface area (Å²) in [5.41, 5.74) is 0. The van der Waals surface area contributed by atoms with Crippen LogP contribution in [-0.2, 0) is 9.53 Å². The molecule has 0 rings (SSSR count). The van der Waals surface area contributed by atoms with Gasteiger partial charge in [-0.2, -0.15) is 0 Å². The maximum atomic E-state index is 10.6. The van der Waals surface area contributed by atoms with Crippen LogP contribution in [0, 0.1) is 0 Å². The Morgan fingerprint density at radius 3 is 2.38 bits per heavy atom. The summed E-state index contributed by atoms with van der Waals surface area (Å²) in [4.78, 5) is 10.6. The van der Waals surface area contributed by atoms with Crippen molar-refractivity contribution in [1.29, 1.82) is 0 Å². The monoisotopic (exact) mass is 192 g/mol. The van der Waals surface area contributed by atoms with Crippen molar-refractivity contribution in [3.63, 3.8) is 0 Å². The van der Waals surface area contributed by atoms with Crippen LogP contribution in [0.25, 0.3) is 0 Å². The molecule has 13 heavy (non-hydrogen) atoms. The number of hydrogen-bond donors (Lipinski definition) is 4. The Bertz CT molecular complexity index is 209. The highest BCUT2D eigenvalue weighted by Gasteiger charge is 2.16. The Morgan fingerprint density at radius 2 is 2.00 bits per heavy atom. The van der Waals surface area contributed by atoms with Gasteiger partial charge in [0.05, 0.1) is 19.8 Å². The third kappa shape index (κ3) is 3.77. The summed E-state index contributed by atoms with van der Waals surface area (Å²) in [6, 6.07) is 0. The summed E-state index contributed by atoms with van der Waals surface area (Å²) in [7, 11) is 1.04. The van der Waals surface area contributed by atoms with Gasteiger partial charge in [0.1, 0.15) is 5.76 Å². The zero-order valence-electron chi connectivity index (χ0n) is 7.10. The van der Waals surface area contributed by atoms with Crippen LogP contribution in [0.4, 0.5) is 0 Å². The van der Waals surface area contributed by atoms with Gasteiger partial charge in [0.25, 0.3) is 0 Å². The largest absolute Gasteiger partial charge is 0.508 e. The van der Waals surface area contributed by atoms with Crippen LogP contribution in [0.15, 0.2) is 11.5 Å². The van der Waals surface area contributed by atoms with Crippen LogP contribution in [0.1, 0.15) is 6.42 Å². The first-order chi connectivity index (χ1) is 6.02. The van der Waals surface area contributed by atoms with Crippen LogP contribution in [0.5, 0.6) is 0 Å². The fourth-order valence-electron chi connectivity index (χ4n) is 0.599. The summed E-state index contributed by atoms with van der Waals surface area (Å²) in [5, 5.41) is 35.1. The minimum atomic E-state index is -1.22. The molecule has 0 spiro atoms. The molecule has 0 aromatic rings. The van der Waals surface area contributed by atoms with Crippen LogP contribution >= 0.6 is 0 Å². The molecule has 0 amide bonds. The maximum Gasteiger partial charge on any atom is 0.376 e. The van der Waals surface area contributed by atoms with Gasteiger partial charge in [0, 0.05) is 6.42 Å². The van der Waals surface area contributed by atoms with E-state index in [1.54, 1.807) is 0 Å². The number of rotatable bonds is 4. The number of ether oxygens (including phenoxy) is 1. The second kappa shape index (κ2) is 5.39. The van der Waals surface area contributed by atoms with Crippen molar-refractivity contribution in [3.8, 4) is 0 Å². The quantitative estimate of drug-likeness (QED) is 0.265. The zero-order chi connectivity index (χ0) is 10.4. The van der Waals surface area contributed by atoms with Crippen molar-refractivity contribution < 1.29 is 30.0 Å². The van der Waals surface area contributed by atoms with Crippen molar-refractivity contribution in [3.05, 3.63) is 11.5 Å². The van der Waals surface area contributed by atoms with Gasteiger partial charge in [-0.25, -0.2) is 4.79 Å². The highest BCUT2D eigenvalue weighted by atomic mass is 16.5. The minimum Gasteiger partial charge on any atom is -0.508 e. The normalized spacial score (nSPS) is 14.7. The first-order valence-electron chi connectivity index (χ1n) is 3.51. The van der Waals surface area contributed by atoms with E-state index in [4.69, 9.17) is 20.4 Å². The Labute approximate surface area is 74.7 Å². The Hall–Kier alpha value is -1.27. The predicted octanol–water partition coefficient (Wildman–Crippen LogP) is -0.770. The van der Waals surface area contributed by atoms with Gasteiger partial charge in [0.15, 0.2) is 0 Å². The van der Waals surface area contributed by atoms with Crippen LogP contribution in [0.2, 0.25) is 0 Å². The number of carbonyl (C=O) groups is 1. The smallest absolute Gasteiger partial charge is 0.376 e. The lowest BCUT2D eigenvalue weighted by molar-refractivity contribution is -0.139. The second-order valence-electron chi connectivity index (χ2n) is 2.33. The first kappa shape index (κ1) is 11.7. The first-order valence-corrected chi connectivity index (χ1v) is 3.51. The van der Waals surface area contributed by atoms with E-state index >= 15 is 0 Å². The van der Waals surface area contributed by atoms with Crippen molar-refractivity contribution in [2.24, 2.45) is 0 Å². The fraction of sp³-hybridized carbons (Fsp3) is 0.571. The molecular weight excluding hydrogens is 180 g/mol. The molecule has 1 unspecified atom stereocenters. The SMILES string of the molecule is COC(=O)/C(O)=C(/O)CC(O)CO. The average Bonchev–Trinajstić information content (AvgIpc) is 2.14. The topological polar surface area (TPSA) is 107 Å². The van der Waals surface area contributed by atoms with Gasteiger partial charge in [-0.1, -0.05) is 0 Å². The molecule has 6 nitrogen and oxygen atoms in total. The van der Waals surface area contributed by atoms with Gasteiger partial charge in [-0.3, -0.25) is 0 Å². The molecule has 0 aromatic heterocycles. The van der Waals surface area contributed by atoms with Gasteiger partial charge in [-0.15, -0.1) is 0 Å². The van der Waals surface area contributed by atoms with Gasteiger partial charge in [0.2, 0.25) is 5.76 Å². The molecule has 4 N–H and O–H groups in total. The van der Waals surface area contributed by atoms with Crippen molar-refractivity contribution in [2.45, 2.75) is 12.5 Å². The Kier molecular flexibility index (Phi) is 4.86. The molecule has 0 radical (unpaired) electrons. The van der Waals surface area contributed by atoms with E-state index in [9.17, 15) is 4.79 Å². The van der Waals surface area contributed by atoms with E-state index in [0.717, 1.165) is 7.11 Å². The Morgan fingerprint density at radius 1 is 1.46 bits per heavy atom. The van der Waals surface area contributed by atoms with Crippen molar-refractivity contribution in [1.82, 2.24) is 0 Å². The van der Waals surface area contributed by atoms with Gasteiger partial charge in [-0.05, 0) is 0 Å². The number of hydrogen-bond acceptors (Lipinski definition) is 6. The van der Waals surface area contributed by atoms with E-state index in [1.165, 1.54) is 0 Å². The van der Waals surface area contributed by atoms with E-state index < -0.39 is 36.6 Å². The maximum absolute atomic E-state index is 10.6. The number of methoxy groups -OCH3 is 1. The average molecular weight is 192 g/mol. The summed E-state index contributed by atoms with van der Waals surface area (Å²) in [6.45, 7) is -0.571. The van der Waals surface area contributed by atoms with Crippen LogP contribution in [-0.4, -0.2) is 46.2 Å². The number of aliphatic hydroxyl groups excluding tert-OH is 4. The highest BCUT2D eigenvalue weighted by molar-refractivity contribution is 5.86. The fourth-order valence-corrected chi connectivity index (χ4v) is 0.599. The molecule has 6 heteroatoms. The third-order valence-corrected chi connectivity index (χ3v) is 1.29. The van der Waals surface area contributed by atoms with Gasteiger partial charge < -0.3 is 25.2 Å². The molecule has 0 aliphatic carbocycles. The van der Waals surface area contributed by atoms with Crippen LogP contribution in [0.3, 0.4) is 0 Å². The number of aliphatic hydroxyl groups is 4. The molecule has 0 saturated heterocycles. The molecule has 0 aliphatic heterocycles. The van der Waals surface area contributed by atoms with Gasteiger partial charge >= 0.3 is 5.97 Å². The Balaban J connectivity index is 4.35. The van der Waals surface area contributed by atoms with E-state index in [1.807, 2.05) is 0 Å². The van der Waals surface area contributed by atoms with Crippen molar-refractivity contribution in [2.75, 3.05) is 13.7 Å². The molecule has 1 atom stereocenters. The zero-order valence-corrected chi connectivity index (χ0v) is 7.10. The molecule has 0 heterocycles.